The maximum absolute atomic E-state index is 11.1. The summed E-state index contributed by atoms with van der Waals surface area (Å²) in [6.07, 6.45) is 0. The fourth-order valence-corrected chi connectivity index (χ4v) is 1.04. The molecular formula is C10H12N4O4. The Morgan fingerprint density at radius 1 is 1.44 bits per heavy atom. The van der Waals surface area contributed by atoms with Crippen molar-refractivity contribution in [3.63, 3.8) is 0 Å². The Balaban J connectivity index is 3.03. The summed E-state index contributed by atoms with van der Waals surface area (Å²) < 4.78 is 5.38. The van der Waals surface area contributed by atoms with Crippen molar-refractivity contribution in [2.75, 3.05) is 0 Å². The quantitative estimate of drug-likeness (QED) is 0.486. The van der Waals surface area contributed by atoms with Crippen molar-refractivity contribution in [1.82, 2.24) is 0 Å². The molecule has 0 heterocycles. The van der Waals surface area contributed by atoms with Crippen LogP contribution in [-0.4, -0.2) is 16.5 Å². The normalized spacial score (nSPS) is 11.4. The second-order valence-corrected chi connectivity index (χ2v) is 3.87. The highest BCUT2D eigenvalue weighted by atomic mass is 16.7. The molecule has 0 spiro atoms. The number of amides is 1. The van der Waals surface area contributed by atoms with Crippen molar-refractivity contribution in [2.45, 2.75) is 19.4 Å². The Hall–Kier alpha value is -2.51. The minimum Gasteiger partial charge on any atom is -0.473 e. The number of primary amides is 1. The third kappa shape index (κ3) is 3.51. The Morgan fingerprint density at radius 3 is 2.61 bits per heavy atom. The summed E-state index contributed by atoms with van der Waals surface area (Å²) in [7, 11) is 0. The van der Waals surface area contributed by atoms with E-state index in [4.69, 9.17) is 10.5 Å². The Labute approximate surface area is 103 Å². The van der Waals surface area contributed by atoms with Gasteiger partial charge < -0.3 is 20.6 Å². The molecule has 18 heavy (non-hydrogen) atoms. The number of hydrogen-bond donors (Lipinski definition) is 1. The SMILES string of the molecule is CC(C)(Oc1ccccc1N=N[N+](=O)[O-])C(N)=O. The highest BCUT2D eigenvalue weighted by Gasteiger charge is 2.28. The summed E-state index contributed by atoms with van der Waals surface area (Å²) in [5.74, 6) is -0.476. The van der Waals surface area contributed by atoms with Crippen molar-refractivity contribution >= 4 is 11.6 Å². The zero-order chi connectivity index (χ0) is 13.8. The van der Waals surface area contributed by atoms with Gasteiger partial charge in [0.2, 0.25) is 5.69 Å². The number of carbonyl (C=O) groups is 1. The maximum atomic E-state index is 11.1. The number of hydrogen-bond acceptors (Lipinski definition) is 5. The molecule has 1 amide bonds. The highest BCUT2D eigenvalue weighted by molar-refractivity contribution is 5.83. The highest BCUT2D eigenvalue weighted by Crippen LogP contribution is 2.30. The number of ether oxygens (including phenoxy) is 1. The first-order valence-electron chi connectivity index (χ1n) is 4.97. The summed E-state index contributed by atoms with van der Waals surface area (Å²) in [6.45, 7) is 2.97. The number of benzene rings is 1. The molecule has 8 heteroatoms. The van der Waals surface area contributed by atoms with Crippen LogP contribution in [0.5, 0.6) is 5.75 Å². The fourth-order valence-electron chi connectivity index (χ4n) is 1.04. The van der Waals surface area contributed by atoms with E-state index in [1.807, 2.05) is 0 Å². The largest absolute Gasteiger partial charge is 0.473 e. The van der Waals surface area contributed by atoms with Crippen LogP contribution in [0.2, 0.25) is 0 Å². The van der Waals surface area contributed by atoms with E-state index in [9.17, 15) is 14.9 Å². The zero-order valence-electron chi connectivity index (χ0n) is 9.86. The van der Waals surface area contributed by atoms with Gasteiger partial charge in [-0.1, -0.05) is 12.1 Å². The first-order valence-corrected chi connectivity index (χ1v) is 4.97. The van der Waals surface area contributed by atoms with Gasteiger partial charge in [-0.2, -0.15) is 0 Å². The van der Waals surface area contributed by atoms with Gasteiger partial charge in [-0.05, 0) is 26.0 Å². The summed E-state index contributed by atoms with van der Waals surface area (Å²) >= 11 is 0. The average molecular weight is 252 g/mol. The fraction of sp³-hybridized carbons (Fsp3) is 0.300. The van der Waals surface area contributed by atoms with Gasteiger partial charge in [0.1, 0.15) is 0 Å². The predicted molar refractivity (Wildman–Crippen MR) is 61.9 cm³/mol. The average Bonchev–Trinajstić information content (AvgIpc) is 2.27. The van der Waals surface area contributed by atoms with E-state index in [2.05, 4.69) is 10.3 Å². The molecule has 1 rings (SSSR count). The van der Waals surface area contributed by atoms with Gasteiger partial charge in [-0.25, -0.2) is 0 Å². The van der Waals surface area contributed by atoms with Crippen LogP contribution in [0.1, 0.15) is 13.8 Å². The van der Waals surface area contributed by atoms with E-state index < -0.39 is 16.5 Å². The Bertz CT molecular complexity index is 498. The third-order valence-corrected chi connectivity index (χ3v) is 2.05. The van der Waals surface area contributed by atoms with Crippen molar-refractivity contribution < 1.29 is 14.6 Å². The van der Waals surface area contributed by atoms with Gasteiger partial charge >= 0.3 is 0 Å². The molecule has 8 nitrogen and oxygen atoms in total. The molecule has 0 bridgehead atoms. The second-order valence-electron chi connectivity index (χ2n) is 3.87. The molecule has 2 N–H and O–H groups in total. The van der Waals surface area contributed by atoms with E-state index in [1.54, 1.807) is 12.1 Å². The molecule has 0 atom stereocenters. The Morgan fingerprint density at radius 2 is 2.06 bits per heavy atom. The standard InChI is InChI=1S/C10H12N4O4/c1-10(2,9(11)15)18-8-6-4-3-5-7(8)12-13-14(16)17/h3-6H,1-2H3,(H2,11,15). The van der Waals surface area contributed by atoms with Crippen LogP contribution < -0.4 is 10.5 Å². The minimum absolute atomic E-state index is 0.142. The first-order chi connectivity index (χ1) is 8.33. The molecule has 0 radical (unpaired) electrons. The number of nitrogens with two attached hydrogens (primary N) is 1. The van der Waals surface area contributed by atoms with E-state index >= 15 is 0 Å². The van der Waals surface area contributed by atoms with Gasteiger partial charge in [0, 0.05) is 0 Å². The first kappa shape index (κ1) is 13.6. The number of rotatable bonds is 5. The molecule has 1 aromatic rings. The molecule has 0 aliphatic rings. The molecule has 0 aliphatic heterocycles. The van der Waals surface area contributed by atoms with Crippen molar-refractivity contribution in [3.05, 3.63) is 34.4 Å². The van der Waals surface area contributed by atoms with Crippen LogP contribution in [0.25, 0.3) is 0 Å². The number of nitrogens with zero attached hydrogens (tertiary/aromatic N) is 3. The van der Waals surface area contributed by atoms with Gasteiger partial charge in [0.05, 0.1) is 10.1 Å². The molecule has 0 saturated heterocycles. The predicted octanol–water partition coefficient (Wildman–Crippen LogP) is 1.60. The van der Waals surface area contributed by atoms with Crippen LogP contribution in [0.3, 0.4) is 0 Å². The zero-order valence-corrected chi connectivity index (χ0v) is 9.86. The molecule has 96 valence electrons. The summed E-state index contributed by atoms with van der Waals surface area (Å²) in [6, 6.07) is 6.23. The number of para-hydroxylation sites is 1. The van der Waals surface area contributed by atoms with E-state index in [1.165, 1.54) is 26.0 Å². The number of carbonyl (C=O) groups excluding carboxylic acids is 1. The van der Waals surface area contributed by atoms with Gasteiger partial charge in [-0.15, -0.1) is 0 Å². The van der Waals surface area contributed by atoms with Crippen LogP contribution >= 0.6 is 0 Å². The Kier molecular flexibility index (Phi) is 3.93. The topological polar surface area (TPSA) is 120 Å². The van der Waals surface area contributed by atoms with Crippen molar-refractivity contribution in [1.29, 1.82) is 0 Å². The molecule has 0 aliphatic carbocycles. The summed E-state index contributed by atoms with van der Waals surface area (Å²) in [5, 5.41) is 15.4. The lowest BCUT2D eigenvalue weighted by Gasteiger charge is -2.22. The van der Waals surface area contributed by atoms with E-state index in [0.29, 0.717) is 0 Å². The smallest absolute Gasteiger partial charge is 0.261 e. The van der Waals surface area contributed by atoms with Crippen LogP contribution in [0, 0.1) is 10.1 Å². The van der Waals surface area contributed by atoms with Gasteiger partial charge in [0.25, 0.3) is 5.91 Å². The molecule has 1 aromatic carbocycles. The second kappa shape index (κ2) is 5.21. The molecule has 0 saturated carbocycles. The molecular weight excluding hydrogens is 240 g/mol. The summed E-state index contributed by atoms with van der Waals surface area (Å²) in [5.41, 5.74) is 4.06. The van der Waals surface area contributed by atoms with Crippen LogP contribution in [0.15, 0.2) is 34.6 Å². The summed E-state index contributed by atoms with van der Waals surface area (Å²) in [4.78, 5) is 21.2. The van der Waals surface area contributed by atoms with Crippen LogP contribution in [-0.2, 0) is 4.79 Å². The monoisotopic (exact) mass is 252 g/mol. The van der Waals surface area contributed by atoms with E-state index in [-0.39, 0.29) is 11.4 Å². The van der Waals surface area contributed by atoms with Crippen molar-refractivity contribution in [2.24, 2.45) is 16.1 Å². The molecule has 0 unspecified atom stereocenters. The lowest BCUT2D eigenvalue weighted by molar-refractivity contribution is -0.493. The van der Waals surface area contributed by atoms with Crippen LogP contribution in [0.4, 0.5) is 5.69 Å². The van der Waals surface area contributed by atoms with Gasteiger partial charge in [0.15, 0.2) is 16.6 Å². The van der Waals surface area contributed by atoms with E-state index in [0.717, 1.165) is 0 Å². The minimum atomic E-state index is -1.25. The lowest BCUT2D eigenvalue weighted by atomic mass is 10.1. The number of nitro groups is 1. The molecule has 0 aromatic heterocycles. The maximum Gasteiger partial charge on any atom is 0.261 e. The van der Waals surface area contributed by atoms with Gasteiger partial charge in [-0.3, -0.25) is 4.79 Å². The van der Waals surface area contributed by atoms with Crippen molar-refractivity contribution in [3.8, 4) is 5.75 Å². The lowest BCUT2D eigenvalue weighted by Crippen LogP contribution is -2.43. The molecule has 0 fully saturated rings. The third-order valence-electron chi connectivity index (χ3n) is 2.05.